The second-order valence-electron chi connectivity index (χ2n) is 7.13. The second kappa shape index (κ2) is 5.63. The van der Waals surface area contributed by atoms with Gasteiger partial charge in [0.05, 0.1) is 0 Å². The van der Waals surface area contributed by atoms with E-state index < -0.39 is 23.7 Å². The highest BCUT2D eigenvalue weighted by Crippen LogP contribution is 2.40. The first-order valence-corrected chi connectivity index (χ1v) is 7.31. The van der Waals surface area contributed by atoms with Gasteiger partial charge < -0.3 is 0 Å². The summed E-state index contributed by atoms with van der Waals surface area (Å²) in [5.41, 5.74) is -0.437. The Morgan fingerprint density at radius 1 is 1.05 bits per heavy atom. The summed E-state index contributed by atoms with van der Waals surface area (Å²) in [4.78, 5) is 1.72. The van der Waals surface area contributed by atoms with E-state index in [0.29, 0.717) is 12.5 Å². The van der Waals surface area contributed by atoms with Crippen molar-refractivity contribution in [3.8, 4) is 0 Å². The smallest absolute Gasteiger partial charge is 0.286 e. The SMILES string of the molecule is CC(C)[C@H](N(CC1CC1)C(C)(C)C(C)C)C(F)(F)F. The maximum atomic E-state index is 13.4. The van der Waals surface area contributed by atoms with Crippen LogP contribution in [0.2, 0.25) is 0 Å². The average molecular weight is 279 g/mol. The van der Waals surface area contributed by atoms with Crippen molar-refractivity contribution in [3.05, 3.63) is 0 Å². The van der Waals surface area contributed by atoms with E-state index in [1.165, 1.54) is 0 Å². The third-order valence-electron chi connectivity index (χ3n) is 4.61. The van der Waals surface area contributed by atoms with E-state index >= 15 is 0 Å². The molecule has 4 heteroatoms. The monoisotopic (exact) mass is 279 g/mol. The number of alkyl halides is 3. The average Bonchev–Trinajstić information content (AvgIpc) is 2.97. The maximum Gasteiger partial charge on any atom is 0.404 e. The van der Waals surface area contributed by atoms with E-state index in [-0.39, 0.29) is 5.92 Å². The van der Waals surface area contributed by atoms with Gasteiger partial charge in [-0.1, -0.05) is 27.7 Å². The fraction of sp³-hybridized carbons (Fsp3) is 1.00. The molecular weight excluding hydrogens is 251 g/mol. The van der Waals surface area contributed by atoms with Crippen molar-refractivity contribution in [2.75, 3.05) is 6.54 Å². The molecule has 1 fully saturated rings. The fourth-order valence-corrected chi connectivity index (χ4v) is 2.53. The summed E-state index contributed by atoms with van der Waals surface area (Å²) in [5, 5.41) is 0. The molecule has 0 aromatic rings. The standard InChI is InChI=1S/C15H28F3N/c1-10(2)13(15(16,17)18)19(9-12-7-8-12)14(5,6)11(3)4/h10-13H,7-9H2,1-6H3/t13-/m0/s1. The highest BCUT2D eigenvalue weighted by atomic mass is 19.4. The number of hydrogen-bond acceptors (Lipinski definition) is 1. The van der Waals surface area contributed by atoms with Gasteiger partial charge in [0, 0.05) is 12.1 Å². The van der Waals surface area contributed by atoms with E-state index in [1.54, 1.807) is 18.7 Å². The first kappa shape index (κ1) is 16.8. The summed E-state index contributed by atoms with van der Waals surface area (Å²) in [6, 6.07) is -1.34. The number of rotatable bonds is 6. The zero-order chi connectivity index (χ0) is 15.0. The summed E-state index contributed by atoms with van der Waals surface area (Å²) in [7, 11) is 0. The van der Waals surface area contributed by atoms with Gasteiger partial charge in [0.2, 0.25) is 0 Å². The molecular formula is C15H28F3N. The minimum atomic E-state index is -4.16. The third kappa shape index (κ3) is 4.11. The normalized spacial score (nSPS) is 19.6. The Morgan fingerprint density at radius 2 is 1.53 bits per heavy atom. The van der Waals surface area contributed by atoms with Crippen LogP contribution < -0.4 is 0 Å². The molecule has 0 spiro atoms. The first-order valence-electron chi connectivity index (χ1n) is 7.31. The molecule has 1 atom stereocenters. The van der Waals surface area contributed by atoms with Crippen LogP contribution in [0.25, 0.3) is 0 Å². The Morgan fingerprint density at radius 3 is 1.79 bits per heavy atom. The van der Waals surface area contributed by atoms with Gasteiger partial charge in [0.1, 0.15) is 6.04 Å². The van der Waals surface area contributed by atoms with E-state index in [1.807, 2.05) is 27.7 Å². The minimum absolute atomic E-state index is 0.190. The molecule has 1 nitrogen and oxygen atoms in total. The maximum absolute atomic E-state index is 13.4. The van der Waals surface area contributed by atoms with Gasteiger partial charge in [0.25, 0.3) is 0 Å². The fourth-order valence-electron chi connectivity index (χ4n) is 2.53. The molecule has 0 heterocycles. The van der Waals surface area contributed by atoms with Crippen LogP contribution in [0.15, 0.2) is 0 Å². The van der Waals surface area contributed by atoms with Gasteiger partial charge in [-0.3, -0.25) is 4.90 Å². The Balaban J connectivity index is 3.05. The lowest BCUT2D eigenvalue weighted by atomic mass is 9.85. The molecule has 1 aliphatic carbocycles. The first-order chi connectivity index (χ1) is 8.48. The van der Waals surface area contributed by atoms with Gasteiger partial charge in [-0.05, 0) is 44.4 Å². The zero-order valence-corrected chi connectivity index (χ0v) is 13.0. The summed E-state index contributed by atoms with van der Waals surface area (Å²) in [5.74, 6) is 0.230. The largest absolute Gasteiger partial charge is 0.404 e. The molecule has 0 bridgehead atoms. The van der Waals surface area contributed by atoms with Crippen LogP contribution in [-0.4, -0.2) is 29.2 Å². The predicted molar refractivity (Wildman–Crippen MR) is 73.0 cm³/mol. The molecule has 0 aromatic carbocycles. The van der Waals surface area contributed by atoms with Crippen LogP contribution in [0.5, 0.6) is 0 Å². The molecule has 0 amide bonds. The second-order valence-corrected chi connectivity index (χ2v) is 7.13. The lowest BCUT2D eigenvalue weighted by molar-refractivity contribution is -0.213. The Hall–Kier alpha value is -0.250. The molecule has 0 saturated heterocycles. The van der Waals surface area contributed by atoms with Gasteiger partial charge in [0.15, 0.2) is 0 Å². The van der Waals surface area contributed by atoms with Gasteiger partial charge in [-0.2, -0.15) is 13.2 Å². The van der Waals surface area contributed by atoms with E-state index in [0.717, 1.165) is 12.8 Å². The lowest BCUT2D eigenvalue weighted by Crippen LogP contribution is -2.60. The molecule has 1 saturated carbocycles. The minimum Gasteiger partial charge on any atom is -0.286 e. The third-order valence-corrected chi connectivity index (χ3v) is 4.61. The molecule has 0 radical (unpaired) electrons. The quantitative estimate of drug-likeness (QED) is 0.680. The Kier molecular flexibility index (Phi) is 4.98. The van der Waals surface area contributed by atoms with Crippen LogP contribution in [0.1, 0.15) is 54.4 Å². The number of hydrogen-bond donors (Lipinski definition) is 0. The Bertz CT molecular complexity index is 290. The summed E-state index contributed by atoms with van der Waals surface area (Å²) < 4.78 is 40.3. The molecule has 0 aromatic heterocycles. The molecule has 0 unspecified atom stereocenters. The van der Waals surface area contributed by atoms with Gasteiger partial charge in [-0.15, -0.1) is 0 Å². The molecule has 19 heavy (non-hydrogen) atoms. The molecule has 1 rings (SSSR count). The van der Waals surface area contributed by atoms with Crippen molar-refractivity contribution in [1.29, 1.82) is 0 Å². The molecule has 1 aliphatic rings. The van der Waals surface area contributed by atoms with Crippen molar-refractivity contribution in [1.82, 2.24) is 4.90 Å². The van der Waals surface area contributed by atoms with Crippen LogP contribution in [0.3, 0.4) is 0 Å². The van der Waals surface area contributed by atoms with Crippen LogP contribution in [0, 0.1) is 17.8 Å². The number of nitrogens with zero attached hydrogens (tertiary/aromatic N) is 1. The van der Waals surface area contributed by atoms with Gasteiger partial charge >= 0.3 is 6.18 Å². The van der Waals surface area contributed by atoms with E-state index in [4.69, 9.17) is 0 Å². The number of halogens is 3. The summed E-state index contributed by atoms with van der Waals surface area (Å²) in [6.45, 7) is 11.8. The van der Waals surface area contributed by atoms with Crippen molar-refractivity contribution >= 4 is 0 Å². The van der Waals surface area contributed by atoms with Crippen molar-refractivity contribution in [3.63, 3.8) is 0 Å². The molecule has 0 aliphatic heterocycles. The molecule has 0 N–H and O–H groups in total. The summed E-state index contributed by atoms with van der Waals surface area (Å²) >= 11 is 0. The van der Waals surface area contributed by atoms with Gasteiger partial charge in [-0.25, -0.2) is 0 Å². The summed E-state index contributed by atoms with van der Waals surface area (Å²) in [6.07, 6.45) is -2.00. The zero-order valence-electron chi connectivity index (χ0n) is 13.0. The highest BCUT2D eigenvalue weighted by molar-refractivity contribution is 4.95. The lowest BCUT2D eigenvalue weighted by Gasteiger charge is -2.48. The van der Waals surface area contributed by atoms with Crippen LogP contribution >= 0.6 is 0 Å². The topological polar surface area (TPSA) is 3.24 Å². The predicted octanol–water partition coefficient (Wildman–Crippen LogP) is 4.72. The highest BCUT2D eigenvalue weighted by Gasteiger charge is 2.51. The van der Waals surface area contributed by atoms with Crippen molar-refractivity contribution in [2.24, 2.45) is 17.8 Å². The van der Waals surface area contributed by atoms with E-state index in [2.05, 4.69) is 0 Å². The van der Waals surface area contributed by atoms with Crippen molar-refractivity contribution < 1.29 is 13.2 Å². The van der Waals surface area contributed by atoms with Crippen molar-refractivity contribution in [2.45, 2.75) is 72.1 Å². The Labute approximate surface area is 115 Å². The van der Waals surface area contributed by atoms with E-state index in [9.17, 15) is 13.2 Å². The van der Waals surface area contributed by atoms with Crippen LogP contribution in [-0.2, 0) is 0 Å². The molecule has 114 valence electrons. The van der Waals surface area contributed by atoms with Crippen LogP contribution in [0.4, 0.5) is 13.2 Å².